The van der Waals surface area contributed by atoms with E-state index in [9.17, 15) is 44.4 Å². The van der Waals surface area contributed by atoms with Gasteiger partial charge >= 0.3 is 0 Å². The molecule has 12 N–H and O–H groups in total. The molecule has 8 atom stereocenters. The molecule has 1 fully saturated rings. The van der Waals surface area contributed by atoms with Gasteiger partial charge in [0.05, 0.1) is 48.1 Å². The molecule has 0 radical (unpaired) electrons. The van der Waals surface area contributed by atoms with Crippen LogP contribution >= 0.6 is 0 Å². The first kappa shape index (κ1) is 40.7. The predicted octanol–water partition coefficient (Wildman–Crippen LogP) is -0.524. The SMILES string of the molecule is COc1cccc2c1C(=O)c1c(O)c3c(c(O)c1C2=O)C[C@@](O)(C(C)=O)C[C@H]3O[C@H]1C[C@@H](NC(=O)[C@@H](CCCCN)NC(=O)[C@H](N)CCN)[C@H](O)[C@H](C)O1. The largest absolute Gasteiger partial charge is 0.507 e. The maximum atomic E-state index is 13.9. The standard InChI is InChI=1S/C37H49N5O12/c1-16-30(44)22(42-36(50)21(8-4-5-11-38)41-35(49)20(40)10-12-39)13-25(53-16)54-24-15-37(51,17(2)43)14-19-27(24)34(48)29-28(32(19)46)31(45)18-7-6-9-23(52-3)26(18)33(29)47/h6-7,9,16,20-22,24-25,30,44,46,48,51H,4-5,8,10-15,38-40H2,1-3H3,(H,41,49)(H,42,50)/t16-,20+,21+,22+,24+,25-,30+,37-/m0/s1. The Morgan fingerprint density at radius 3 is 2.37 bits per heavy atom. The van der Waals surface area contributed by atoms with Gasteiger partial charge in [0.15, 0.2) is 17.9 Å². The summed E-state index contributed by atoms with van der Waals surface area (Å²) in [6.07, 6.45) is -4.47. The van der Waals surface area contributed by atoms with Crippen LogP contribution in [0.25, 0.3) is 0 Å². The number of unbranched alkanes of at least 4 members (excludes halogenated alkanes) is 1. The summed E-state index contributed by atoms with van der Waals surface area (Å²) >= 11 is 0. The summed E-state index contributed by atoms with van der Waals surface area (Å²) in [4.78, 5) is 66.8. The molecule has 2 amide bonds. The number of methoxy groups -OCH3 is 1. The lowest BCUT2D eigenvalue weighted by Gasteiger charge is -2.43. The number of fused-ring (bicyclic) bond motifs is 3. The lowest BCUT2D eigenvalue weighted by atomic mass is 9.72. The van der Waals surface area contributed by atoms with Crippen molar-refractivity contribution in [2.45, 2.75) is 107 Å². The van der Waals surface area contributed by atoms with Gasteiger partial charge in [-0.1, -0.05) is 12.1 Å². The number of rotatable bonds is 14. The minimum Gasteiger partial charge on any atom is -0.507 e. The molecule has 2 aromatic rings. The molecule has 1 saturated heterocycles. The molecule has 5 rings (SSSR count). The first-order valence-electron chi connectivity index (χ1n) is 17.9. The van der Waals surface area contributed by atoms with E-state index in [1.54, 1.807) is 0 Å². The second-order valence-corrected chi connectivity index (χ2v) is 14.1. The first-order valence-corrected chi connectivity index (χ1v) is 17.9. The fourth-order valence-electron chi connectivity index (χ4n) is 7.40. The topological polar surface area (TPSA) is 296 Å². The predicted molar refractivity (Wildman–Crippen MR) is 191 cm³/mol. The molecule has 294 valence electrons. The third-order valence-electron chi connectivity index (χ3n) is 10.5. The maximum absolute atomic E-state index is 13.9. The van der Waals surface area contributed by atoms with E-state index in [0.29, 0.717) is 19.4 Å². The van der Waals surface area contributed by atoms with Crippen molar-refractivity contribution in [3.05, 3.63) is 51.6 Å². The molecule has 2 aliphatic carbocycles. The van der Waals surface area contributed by atoms with Crippen LogP contribution in [0.5, 0.6) is 17.2 Å². The summed E-state index contributed by atoms with van der Waals surface area (Å²) in [6.45, 7) is 3.20. The highest BCUT2D eigenvalue weighted by Gasteiger charge is 2.50. The number of aliphatic hydroxyl groups excluding tert-OH is 1. The van der Waals surface area contributed by atoms with Crippen molar-refractivity contribution in [1.29, 1.82) is 0 Å². The highest BCUT2D eigenvalue weighted by atomic mass is 16.7. The van der Waals surface area contributed by atoms with Gasteiger partial charge in [-0.25, -0.2) is 0 Å². The third-order valence-corrected chi connectivity index (χ3v) is 10.5. The van der Waals surface area contributed by atoms with Crippen molar-refractivity contribution in [2.75, 3.05) is 20.2 Å². The number of ketones is 3. The van der Waals surface area contributed by atoms with Crippen LogP contribution in [0.3, 0.4) is 0 Å². The van der Waals surface area contributed by atoms with Crippen LogP contribution < -0.4 is 32.6 Å². The van der Waals surface area contributed by atoms with E-state index in [4.69, 9.17) is 31.4 Å². The normalized spacial score (nSPS) is 25.8. The average molecular weight is 756 g/mol. The van der Waals surface area contributed by atoms with Gasteiger partial charge in [-0.15, -0.1) is 0 Å². The van der Waals surface area contributed by atoms with E-state index >= 15 is 0 Å². The Kier molecular flexibility index (Phi) is 12.4. The number of phenols is 2. The Morgan fingerprint density at radius 1 is 1.02 bits per heavy atom. The van der Waals surface area contributed by atoms with Crippen LogP contribution in [-0.4, -0.2) is 112 Å². The molecule has 0 saturated carbocycles. The Hall–Kier alpha value is -4.49. The molecule has 1 aliphatic heterocycles. The van der Waals surface area contributed by atoms with Crippen LogP contribution in [-0.2, 0) is 30.3 Å². The van der Waals surface area contributed by atoms with Gasteiger partial charge < -0.3 is 62.5 Å². The van der Waals surface area contributed by atoms with Gasteiger partial charge in [-0.3, -0.25) is 24.0 Å². The summed E-state index contributed by atoms with van der Waals surface area (Å²) in [6, 6.07) is 1.39. The van der Waals surface area contributed by atoms with Crippen LogP contribution in [0, 0.1) is 0 Å². The Bertz CT molecular complexity index is 1820. The fourth-order valence-corrected chi connectivity index (χ4v) is 7.40. The molecular formula is C37H49N5O12. The Balaban J connectivity index is 1.47. The fraction of sp³-hybridized carbons (Fsp3) is 0.541. The summed E-state index contributed by atoms with van der Waals surface area (Å²) < 4.78 is 17.6. The Labute approximate surface area is 311 Å². The number of nitrogens with two attached hydrogens (primary N) is 3. The van der Waals surface area contributed by atoms with Crippen LogP contribution in [0.2, 0.25) is 0 Å². The van der Waals surface area contributed by atoms with Gasteiger partial charge in [0, 0.05) is 36.0 Å². The van der Waals surface area contributed by atoms with Gasteiger partial charge in [0.25, 0.3) is 0 Å². The van der Waals surface area contributed by atoms with E-state index in [2.05, 4.69) is 10.6 Å². The first-order chi connectivity index (χ1) is 25.6. The van der Waals surface area contributed by atoms with Crippen LogP contribution in [0.4, 0.5) is 0 Å². The summed E-state index contributed by atoms with van der Waals surface area (Å²) in [5, 5.41) is 51.4. The molecule has 3 aliphatic rings. The summed E-state index contributed by atoms with van der Waals surface area (Å²) in [7, 11) is 1.31. The highest BCUT2D eigenvalue weighted by molar-refractivity contribution is 6.31. The van der Waals surface area contributed by atoms with E-state index in [0.717, 1.165) is 6.92 Å². The van der Waals surface area contributed by atoms with Gasteiger partial charge in [-0.2, -0.15) is 0 Å². The Morgan fingerprint density at radius 2 is 1.72 bits per heavy atom. The zero-order chi connectivity index (χ0) is 39.6. The van der Waals surface area contributed by atoms with E-state index in [1.165, 1.54) is 32.2 Å². The maximum Gasteiger partial charge on any atom is 0.242 e. The number of nitrogens with one attached hydrogen (secondary N) is 2. The second-order valence-electron chi connectivity index (χ2n) is 14.1. The molecule has 2 aromatic carbocycles. The molecule has 0 spiro atoms. The number of Topliss-reactive ketones (excluding diaryl/α,β-unsaturated/α-hetero) is 1. The molecular weight excluding hydrogens is 706 g/mol. The van der Waals surface area contributed by atoms with Crippen molar-refractivity contribution in [3.63, 3.8) is 0 Å². The van der Waals surface area contributed by atoms with Crippen molar-refractivity contribution >= 4 is 29.2 Å². The number of ether oxygens (including phenoxy) is 3. The lowest BCUT2D eigenvalue weighted by Crippen LogP contribution is -2.59. The van der Waals surface area contributed by atoms with Crippen molar-refractivity contribution in [1.82, 2.24) is 10.6 Å². The zero-order valence-corrected chi connectivity index (χ0v) is 30.4. The van der Waals surface area contributed by atoms with Gasteiger partial charge in [0.2, 0.25) is 17.6 Å². The van der Waals surface area contributed by atoms with Crippen LogP contribution in [0.1, 0.15) is 101 Å². The molecule has 17 heteroatoms. The summed E-state index contributed by atoms with van der Waals surface area (Å²) in [5.41, 5.74) is 13.5. The minimum atomic E-state index is -2.13. The molecule has 0 aromatic heterocycles. The molecule has 0 unspecified atom stereocenters. The number of phenolic OH excluding ortho intramolecular Hbond substituents is 2. The number of hydrogen-bond donors (Lipinski definition) is 9. The van der Waals surface area contributed by atoms with E-state index in [-0.39, 0.29) is 53.8 Å². The number of aliphatic hydroxyl groups is 2. The number of amides is 2. The zero-order valence-electron chi connectivity index (χ0n) is 30.4. The second kappa shape index (κ2) is 16.5. The van der Waals surface area contributed by atoms with Crippen molar-refractivity contribution in [2.24, 2.45) is 17.2 Å². The van der Waals surface area contributed by atoms with Crippen molar-refractivity contribution < 1.29 is 58.6 Å². The lowest BCUT2D eigenvalue weighted by molar-refractivity contribution is -0.249. The number of benzene rings is 2. The molecule has 54 heavy (non-hydrogen) atoms. The molecule has 0 bridgehead atoms. The number of carbonyl (C=O) groups excluding carboxylic acids is 5. The van der Waals surface area contributed by atoms with Crippen molar-refractivity contribution in [3.8, 4) is 17.2 Å². The third kappa shape index (κ3) is 7.70. The number of aromatic hydroxyl groups is 2. The summed E-state index contributed by atoms with van der Waals surface area (Å²) in [5.74, 6) is -4.78. The molecule has 1 heterocycles. The monoisotopic (exact) mass is 755 g/mol. The van der Waals surface area contributed by atoms with Crippen LogP contribution in [0.15, 0.2) is 18.2 Å². The number of carbonyl (C=O) groups is 5. The van der Waals surface area contributed by atoms with E-state index in [1.807, 2.05) is 0 Å². The van der Waals surface area contributed by atoms with E-state index < -0.39 is 113 Å². The smallest absolute Gasteiger partial charge is 0.242 e. The average Bonchev–Trinajstić information content (AvgIpc) is 3.13. The number of hydrogen-bond acceptors (Lipinski definition) is 15. The van der Waals surface area contributed by atoms with Gasteiger partial charge in [-0.05, 0) is 58.7 Å². The van der Waals surface area contributed by atoms with Gasteiger partial charge in [0.1, 0.15) is 35.0 Å². The molecule has 17 nitrogen and oxygen atoms in total. The quantitative estimate of drug-likeness (QED) is 0.0739. The minimum absolute atomic E-state index is 0.0669. The highest BCUT2D eigenvalue weighted by Crippen LogP contribution is 2.52.